The number of hydrogen-bond acceptors (Lipinski definition) is 4. The first-order valence-corrected chi connectivity index (χ1v) is 4.67. The molecule has 0 unspecified atom stereocenters. The fourth-order valence-electron chi connectivity index (χ4n) is 1.37. The molecule has 0 bridgehead atoms. The van der Waals surface area contributed by atoms with E-state index in [0.717, 1.165) is 38.2 Å². The number of fused-ring (bicyclic) bond motifs is 1. The molecular weight excluding hydrogens is 168 g/mol. The smallest absolute Gasteiger partial charge is 0.315 e. The van der Waals surface area contributed by atoms with Crippen LogP contribution in [-0.2, 0) is 13.0 Å². The summed E-state index contributed by atoms with van der Waals surface area (Å²) < 4.78 is 7.17. The standard InChI is InChI=1S/C8H14N4O/c9-4-1-3-7-10-8-12(11-7)5-2-6-13-8/h1-6,9H2. The molecule has 0 atom stereocenters. The SMILES string of the molecule is NCCCc1nc2n(n1)CCCO2. The van der Waals surface area contributed by atoms with E-state index >= 15 is 0 Å². The van der Waals surface area contributed by atoms with Crippen LogP contribution < -0.4 is 10.5 Å². The quantitative estimate of drug-likeness (QED) is 0.712. The van der Waals surface area contributed by atoms with E-state index in [9.17, 15) is 0 Å². The Morgan fingerprint density at radius 1 is 1.54 bits per heavy atom. The van der Waals surface area contributed by atoms with E-state index in [1.165, 1.54) is 0 Å². The van der Waals surface area contributed by atoms with Gasteiger partial charge in [-0.15, -0.1) is 0 Å². The maximum atomic E-state index is 5.40. The molecule has 0 aromatic carbocycles. The minimum Gasteiger partial charge on any atom is -0.464 e. The Labute approximate surface area is 76.9 Å². The van der Waals surface area contributed by atoms with Crippen molar-refractivity contribution < 1.29 is 4.74 Å². The normalized spacial score (nSPS) is 15.2. The van der Waals surface area contributed by atoms with Crippen molar-refractivity contribution in [1.29, 1.82) is 0 Å². The van der Waals surface area contributed by atoms with E-state index in [1.54, 1.807) is 0 Å². The van der Waals surface area contributed by atoms with Crippen molar-refractivity contribution in [1.82, 2.24) is 14.8 Å². The second-order valence-electron chi connectivity index (χ2n) is 3.13. The molecule has 0 aliphatic carbocycles. The van der Waals surface area contributed by atoms with Gasteiger partial charge in [0.1, 0.15) is 0 Å². The van der Waals surface area contributed by atoms with Crippen LogP contribution in [0.5, 0.6) is 6.01 Å². The van der Waals surface area contributed by atoms with Crippen LogP contribution in [0.1, 0.15) is 18.7 Å². The molecule has 1 aliphatic rings. The second-order valence-corrected chi connectivity index (χ2v) is 3.13. The predicted octanol–water partition coefficient (Wildman–Crippen LogP) is -0.0481. The summed E-state index contributed by atoms with van der Waals surface area (Å²) in [6.45, 7) is 2.37. The number of nitrogens with zero attached hydrogens (tertiary/aromatic N) is 3. The minimum absolute atomic E-state index is 0.665. The summed E-state index contributed by atoms with van der Waals surface area (Å²) in [7, 11) is 0. The molecule has 1 aromatic rings. The van der Waals surface area contributed by atoms with E-state index in [-0.39, 0.29) is 0 Å². The third-order valence-electron chi connectivity index (χ3n) is 2.03. The molecule has 5 nitrogen and oxygen atoms in total. The summed E-state index contributed by atoms with van der Waals surface area (Å²) in [5, 5.41) is 4.31. The first-order valence-electron chi connectivity index (χ1n) is 4.67. The van der Waals surface area contributed by atoms with Crippen molar-refractivity contribution in [2.45, 2.75) is 25.8 Å². The van der Waals surface area contributed by atoms with E-state index in [4.69, 9.17) is 10.5 Å². The summed E-state index contributed by atoms with van der Waals surface area (Å²) in [6, 6.07) is 0.665. The van der Waals surface area contributed by atoms with Gasteiger partial charge in [0, 0.05) is 19.4 Å². The Hall–Kier alpha value is -1.10. The predicted molar refractivity (Wildman–Crippen MR) is 47.5 cm³/mol. The Kier molecular flexibility index (Phi) is 2.44. The van der Waals surface area contributed by atoms with Crippen LogP contribution in [0.25, 0.3) is 0 Å². The lowest BCUT2D eigenvalue weighted by Crippen LogP contribution is -2.15. The summed E-state index contributed by atoms with van der Waals surface area (Å²) in [5.74, 6) is 0.849. The van der Waals surface area contributed by atoms with Crippen molar-refractivity contribution in [3.63, 3.8) is 0 Å². The average Bonchev–Trinajstić information content (AvgIpc) is 2.57. The lowest BCUT2D eigenvalue weighted by molar-refractivity contribution is 0.221. The van der Waals surface area contributed by atoms with Gasteiger partial charge >= 0.3 is 6.01 Å². The molecule has 5 heteroatoms. The van der Waals surface area contributed by atoms with E-state index in [0.29, 0.717) is 12.6 Å². The Balaban J connectivity index is 2.07. The summed E-state index contributed by atoms with van der Waals surface area (Å²) in [6.07, 6.45) is 2.80. The van der Waals surface area contributed by atoms with Crippen molar-refractivity contribution in [3.8, 4) is 6.01 Å². The molecule has 1 aromatic heterocycles. The van der Waals surface area contributed by atoms with Crippen LogP contribution in [0.4, 0.5) is 0 Å². The van der Waals surface area contributed by atoms with Gasteiger partial charge in [-0.25, -0.2) is 4.68 Å². The summed E-state index contributed by atoms with van der Waals surface area (Å²) in [5.41, 5.74) is 5.40. The van der Waals surface area contributed by atoms with Gasteiger partial charge in [-0.2, -0.15) is 10.1 Å². The molecule has 0 spiro atoms. The third-order valence-corrected chi connectivity index (χ3v) is 2.03. The Bertz CT molecular complexity index is 260. The molecule has 2 rings (SSSR count). The third kappa shape index (κ3) is 1.80. The van der Waals surface area contributed by atoms with Crippen LogP contribution in [0.15, 0.2) is 0 Å². The highest BCUT2D eigenvalue weighted by molar-refractivity contribution is 5.00. The summed E-state index contributed by atoms with van der Waals surface area (Å²) >= 11 is 0. The zero-order valence-corrected chi connectivity index (χ0v) is 7.57. The van der Waals surface area contributed by atoms with Gasteiger partial charge in [-0.3, -0.25) is 0 Å². The highest BCUT2D eigenvalue weighted by Crippen LogP contribution is 2.14. The highest BCUT2D eigenvalue weighted by atomic mass is 16.5. The van der Waals surface area contributed by atoms with Crippen LogP contribution in [0.3, 0.4) is 0 Å². The zero-order valence-electron chi connectivity index (χ0n) is 7.57. The van der Waals surface area contributed by atoms with Gasteiger partial charge in [0.15, 0.2) is 5.82 Å². The van der Waals surface area contributed by atoms with Gasteiger partial charge < -0.3 is 10.5 Å². The molecule has 0 radical (unpaired) electrons. The first kappa shape index (κ1) is 8.50. The number of ether oxygens (including phenoxy) is 1. The van der Waals surface area contributed by atoms with Gasteiger partial charge in [0.25, 0.3) is 0 Å². The Morgan fingerprint density at radius 2 is 2.46 bits per heavy atom. The number of aryl methyl sites for hydroxylation is 2. The van der Waals surface area contributed by atoms with Crippen LogP contribution in [0.2, 0.25) is 0 Å². The molecule has 0 fully saturated rings. The number of nitrogens with two attached hydrogens (primary N) is 1. The molecule has 2 N–H and O–H groups in total. The van der Waals surface area contributed by atoms with Gasteiger partial charge in [0.2, 0.25) is 0 Å². The van der Waals surface area contributed by atoms with Gasteiger partial charge in [-0.05, 0) is 13.0 Å². The van der Waals surface area contributed by atoms with E-state index in [2.05, 4.69) is 10.1 Å². The van der Waals surface area contributed by atoms with Crippen molar-refractivity contribution >= 4 is 0 Å². The van der Waals surface area contributed by atoms with Gasteiger partial charge in [0.05, 0.1) is 6.61 Å². The number of rotatable bonds is 3. The largest absolute Gasteiger partial charge is 0.464 e. The molecule has 0 saturated carbocycles. The lowest BCUT2D eigenvalue weighted by Gasteiger charge is -2.11. The number of aromatic nitrogens is 3. The van der Waals surface area contributed by atoms with Crippen molar-refractivity contribution in [2.75, 3.05) is 13.2 Å². The topological polar surface area (TPSA) is 66.0 Å². The van der Waals surface area contributed by atoms with Crippen molar-refractivity contribution in [2.24, 2.45) is 5.73 Å². The molecule has 2 heterocycles. The Morgan fingerprint density at radius 3 is 3.23 bits per heavy atom. The fourth-order valence-corrected chi connectivity index (χ4v) is 1.37. The van der Waals surface area contributed by atoms with E-state index < -0.39 is 0 Å². The average molecular weight is 182 g/mol. The second kappa shape index (κ2) is 3.74. The molecule has 13 heavy (non-hydrogen) atoms. The fraction of sp³-hybridized carbons (Fsp3) is 0.750. The number of hydrogen-bond donors (Lipinski definition) is 1. The van der Waals surface area contributed by atoms with E-state index in [1.807, 2.05) is 4.68 Å². The zero-order chi connectivity index (χ0) is 9.10. The van der Waals surface area contributed by atoms with Crippen LogP contribution in [-0.4, -0.2) is 27.9 Å². The molecule has 0 saturated heterocycles. The maximum absolute atomic E-state index is 5.40. The highest BCUT2D eigenvalue weighted by Gasteiger charge is 2.14. The van der Waals surface area contributed by atoms with Crippen LogP contribution >= 0.6 is 0 Å². The summed E-state index contributed by atoms with van der Waals surface area (Å²) in [4.78, 5) is 4.26. The van der Waals surface area contributed by atoms with Crippen molar-refractivity contribution in [3.05, 3.63) is 5.82 Å². The van der Waals surface area contributed by atoms with Gasteiger partial charge in [-0.1, -0.05) is 0 Å². The molecule has 1 aliphatic heterocycles. The first-order chi connectivity index (χ1) is 6.40. The molecule has 0 amide bonds. The molecule has 72 valence electrons. The monoisotopic (exact) mass is 182 g/mol. The molecular formula is C8H14N4O. The maximum Gasteiger partial charge on any atom is 0.315 e. The minimum atomic E-state index is 0.665. The lowest BCUT2D eigenvalue weighted by atomic mass is 10.3. The van der Waals surface area contributed by atoms with Crippen LogP contribution in [0, 0.1) is 0 Å².